The van der Waals surface area contributed by atoms with E-state index in [0.717, 1.165) is 12.0 Å². The lowest BCUT2D eigenvalue weighted by Crippen LogP contribution is -2.38. The van der Waals surface area contributed by atoms with Crippen molar-refractivity contribution >= 4 is 23.0 Å². The number of hydrogen-bond acceptors (Lipinski definition) is 3. The molecule has 0 heterocycles. The Morgan fingerprint density at radius 3 is 2.80 bits per heavy atom. The summed E-state index contributed by atoms with van der Waals surface area (Å²) in [6.45, 7) is 3.73. The van der Waals surface area contributed by atoms with Crippen LogP contribution in [0.3, 0.4) is 0 Å². The van der Waals surface area contributed by atoms with Crippen molar-refractivity contribution in [3.05, 3.63) is 28.0 Å². The molecule has 1 aliphatic carbocycles. The molecular weight excluding hydrogens is 301 g/mol. The Hall–Kier alpha value is -0.490. The largest absolute Gasteiger partial charge is 0.598 e. The van der Waals surface area contributed by atoms with E-state index in [9.17, 15) is 8.94 Å². The zero-order valence-electron chi connectivity index (χ0n) is 11.8. The first-order valence-electron chi connectivity index (χ1n) is 6.49. The summed E-state index contributed by atoms with van der Waals surface area (Å²) in [5.74, 6) is -0.137. The fourth-order valence-corrected chi connectivity index (χ4v) is 3.47. The van der Waals surface area contributed by atoms with Gasteiger partial charge in [0.05, 0.1) is 12.1 Å². The molecule has 3 nitrogen and oxygen atoms in total. The topological polar surface area (TPSA) is 58.3 Å². The maximum absolute atomic E-state index is 14.3. The van der Waals surface area contributed by atoms with Crippen LogP contribution >= 0.6 is 11.6 Å². The molecular formula is C14H19ClFNO2S. The molecule has 0 aliphatic heterocycles. The van der Waals surface area contributed by atoms with Gasteiger partial charge in [-0.15, -0.1) is 0 Å². The van der Waals surface area contributed by atoms with Gasteiger partial charge in [-0.3, -0.25) is 0 Å². The molecule has 20 heavy (non-hydrogen) atoms. The summed E-state index contributed by atoms with van der Waals surface area (Å²) < 4.78 is 30.4. The summed E-state index contributed by atoms with van der Waals surface area (Å²) in [5, 5.41) is 5.81. The third-order valence-electron chi connectivity index (χ3n) is 3.98. The lowest BCUT2D eigenvalue weighted by Gasteiger charge is -2.27. The van der Waals surface area contributed by atoms with Crippen LogP contribution in [0.1, 0.15) is 43.7 Å². The minimum atomic E-state index is -1.42. The minimum Gasteiger partial charge on any atom is -0.598 e. The molecule has 0 fully saturated rings. The third kappa shape index (κ3) is 2.77. The summed E-state index contributed by atoms with van der Waals surface area (Å²) in [7, 11) is 1.41. The fraction of sp³-hybridized carbons (Fsp3) is 0.571. The molecule has 0 saturated carbocycles. The number of methoxy groups -OCH3 is 1. The van der Waals surface area contributed by atoms with Crippen molar-refractivity contribution < 1.29 is 13.7 Å². The van der Waals surface area contributed by atoms with E-state index in [2.05, 4.69) is 0 Å². The summed E-state index contributed by atoms with van der Waals surface area (Å²) in [4.78, 5) is 0. The Bertz CT molecular complexity index is 522. The van der Waals surface area contributed by atoms with Crippen LogP contribution in [0.5, 0.6) is 5.75 Å². The van der Waals surface area contributed by atoms with Crippen LogP contribution in [0.15, 0.2) is 6.07 Å². The number of hydrogen-bond donors (Lipinski definition) is 1. The molecule has 0 saturated heterocycles. The van der Waals surface area contributed by atoms with Crippen molar-refractivity contribution in [1.82, 2.24) is 0 Å². The van der Waals surface area contributed by atoms with Gasteiger partial charge in [0.15, 0.2) is 11.6 Å². The highest BCUT2D eigenvalue weighted by molar-refractivity contribution is 7.90. The first kappa shape index (κ1) is 15.9. The molecule has 0 bridgehead atoms. The van der Waals surface area contributed by atoms with E-state index in [-0.39, 0.29) is 22.5 Å². The Morgan fingerprint density at radius 2 is 2.25 bits per heavy atom. The number of fused-ring (bicyclic) bond motifs is 1. The fourth-order valence-electron chi connectivity index (χ4n) is 2.82. The van der Waals surface area contributed by atoms with E-state index in [1.807, 2.05) is 13.8 Å². The Kier molecular flexibility index (Phi) is 4.54. The molecule has 2 rings (SSSR count). The summed E-state index contributed by atoms with van der Waals surface area (Å²) in [5.41, 5.74) is 1.56. The molecule has 2 atom stereocenters. The highest BCUT2D eigenvalue weighted by atomic mass is 35.5. The van der Waals surface area contributed by atoms with Gasteiger partial charge >= 0.3 is 0 Å². The van der Waals surface area contributed by atoms with Gasteiger partial charge in [-0.2, -0.15) is 5.14 Å². The molecule has 6 heteroatoms. The van der Waals surface area contributed by atoms with Crippen LogP contribution in [-0.2, 0) is 17.8 Å². The van der Waals surface area contributed by atoms with Gasteiger partial charge in [-0.05, 0) is 49.8 Å². The molecule has 112 valence electrons. The van der Waals surface area contributed by atoms with E-state index in [4.69, 9.17) is 21.5 Å². The van der Waals surface area contributed by atoms with E-state index in [1.54, 1.807) is 6.07 Å². The zero-order chi connectivity index (χ0) is 15.1. The van der Waals surface area contributed by atoms with Gasteiger partial charge in [0.25, 0.3) is 0 Å². The van der Waals surface area contributed by atoms with Crippen LogP contribution in [0.4, 0.5) is 4.39 Å². The number of benzene rings is 1. The lowest BCUT2D eigenvalue weighted by molar-refractivity contribution is 0.384. The van der Waals surface area contributed by atoms with Crippen molar-refractivity contribution in [2.45, 2.75) is 43.8 Å². The van der Waals surface area contributed by atoms with Crippen molar-refractivity contribution in [1.29, 1.82) is 0 Å². The second kappa shape index (κ2) is 5.72. The number of rotatable bonds is 4. The predicted octanol–water partition coefficient (Wildman–Crippen LogP) is 3.31. The first-order valence-corrected chi connectivity index (χ1v) is 8.08. The summed E-state index contributed by atoms with van der Waals surface area (Å²) in [6.07, 6.45) is 2.11. The average Bonchev–Trinajstić information content (AvgIpc) is 2.72. The second-order valence-electron chi connectivity index (χ2n) is 5.77. The van der Waals surface area contributed by atoms with Crippen LogP contribution in [0.25, 0.3) is 0 Å². The molecule has 1 aromatic rings. The monoisotopic (exact) mass is 319 g/mol. The lowest BCUT2D eigenvalue weighted by atomic mass is 9.91. The Balaban J connectivity index is 2.34. The van der Waals surface area contributed by atoms with Crippen molar-refractivity contribution in [3.8, 4) is 5.75 Å². The molecule has 0 spiro atoms. The van der Waals surface area contributed by atoms with Gasteiger partial charge < -0.3 is 9.29 Å². The van der Waals surface area contributed by atoms with Crippen molar-refractivity contribution in [3.63, 3.8) is 0 Å². The van der Waals surface area contributed by atoms with E-state index < -0.39 is 16.1 Å². The van der Waals surface area contributed by atoms with E-state index in [0.29, 0.717) is 18.4 Å². The first-order chi connectivity index (χ1) is 9.27. The maximum atomic E-state index is 14.3. The molecule has 0 radical (unpaired) electrons. The summed E-state index contributed by atoms with van der Waals surface area (Å²) in [6, 6.07) is 1.77. The average molecular weight is 320 g/mol. The van der Waals surface area contributed by atoms with Gasteiger partial charge in [-0.1, -0.05) is 11.6 Å². The van der Waals surface area contributed by atoms with Gasteiger partial charge in [0.2, 0.25) is 0 Å². The normalized spacial score (nSPS) is 19.9. The van der Waals surface area contributed by atoms with Gasteiger partial charge in [0.1, 0.15) is 4.75 Å². The number of ether oxygens (including phenoxy) is 1. The highest BCUT2D eigenvalue weighted by Crippen LogP contribution is 2.45. The molecule has 1 unspecified atom stereocenters. The van der Waals surface area contributed by atoms with Crippen LogP contribution in [0, 0.1) is 5.82 Å². The van der Waals surface area contributed by atoms with Crippen LogP contribution < -0.4 is 9.88 Å². The molecule has 0 amide bonds. The standard InChI is InChI=1S/C14H19ClFNO2S/c1-14(2,20(17)18)7-8-4-5-9-10(8)6-11(15)13(19-3)12(9)16/h6,8H,4-5,7,17H2,1-3H3/t8-,20?/m1/s1. The second-order valence-corrected chi connectivity index (χ2v) is 7.88. The SMILES string of the molecule is COc1c(Cl)cc2c(c1F)CC[C@@H]2CC(C)(C)[S+](N)[O-]. The summed E-state index contributed by atoms with van der Waals surface area (Å²) >= 11 is 4.65. The molecule has 1 aromatic carbocycles. The van der Waals surface area contributed by atoms with E-state index in [1.165, 1.54) is 7.11 Å². The smallest absolute Gasteiger partial charge is 0.173 e. The van der Waals surface area contributed by atoms with Crippen LogP contribution in [0.2, 0.25) is 5.02 Å². The predicted molar refractivity (Wildman–Crippen MR) is 80.0 cm³/mol. The Labute approximate surface area is 126 Å². The number of nitrogens with two attached hydrogens (primary N) is 1. The Morgan fingerprint density at radius 1 is 1.60 bits per heavy atom. The van der Waals surface area contributed by atoms with Crippen molar-refractivity contribution in [2.75, 3.05) is 7.11 Å². The number of halogens is 2. The zero-order valence-corrected chi connectivity index (χ0v) is 13.4. The minimum absolute atomic E-state index is 0.104. The van der Waals surface area contributed by atoms with Gasteiger partial charge in [0, 0.05) is 17.8 Å². The maximum Gasteiger partial charge on any atom is 0.173 e. The van der Waals surface area contributed by atoms with E-state index >= 15 is 0 Å². The highest BCUT2D eigenvalue weighted by Gasteiger charge is 2.37. The third-order valence-corrected chi connectivity index (χ3v) is 5.52. The van der Waals surface area contributed by atoms with Crippen LogP contribution in [-0.4, -0.2) is 16.4 Å². The van der Waals surface area contributed by atoms with Crippen molar-refractivity contribution in [2.24, 2.45) is 5.14 Å². The molecule has 0 aromatic heterocycles. The quantitative estimate of drug-likeness (QED) is 0.866. The molecule has 1 aliphatic rings. The van der Waals surface area contributed by atoms with Gasteiger partial charge in [-0.25, -0.2) is 4.39 Å². The molecule has 2 N–H and O–H groups in total.